The summed E-state index contributed by atoms with van der Waals surface area (Å²) < 4.78 is 59.8. The molecule has 0 amide bonds. The first-order valence-electron chi connectivity index (χ1n) is 11.9. The van der Waals surface area contributed by atoms with Crippen LogP contribution in [0.1, 0.15) is 97.9 Å². The van der Waals surface area contributed by atoms with Gasteiger partial charge in [-0.05, 0) is 53.9 Å². The van der Waals surface area contributed by atoms with Crippen LogP contribution in [0.4, 0.5) is 17.6 Å². The lowest BCUT2D eigenvalue weighted by atomic mass is 9.71. The van der Waals surface area contributed by atoms with Gasteiger partial charge in [-0.3, -0.25) is 4.98 Å². The molecule has 1 aliphatic heterocycles. The van der Waals surface area contributed by atoms with Crippen LogP contribution < -0.4 is 0 Å². The number of aliphatic hydroxyl groups is 2. The number of pyridine rings is 1. The van der Waals surface area contributed by atoms with Gasteiger partial charge >= 0.3 is 6.18 Å². The van der Waals surface area contributed by atoms with Crippen LogP contribution in [0.5, 0.6) is 0 Å². The smallest absolute Gasteiger partial charge is 0.388 e. The SMILES string of the molecule is CC(C)c1nc2c(c(C3=CCOCC3)c1[C@@H](O)c1ccc(C(F)(F)F)cc1F)C(O)CC(C)(C)C2. The van der Waals surface area contributed by atoms with E-state index in [9.17, 15) is 27.8 Å². The fourth-order valence-electron chi connectivity index (χ4n) is 5.23. The van der Waals surface area contributed by atoms with E-state index in [1.807, 2.05) is 19.9 Å². The van der Waals surface area contributed by atoms with Crippen molar-refractivity contribution in [1.82, 2.24) is 4.98 Å². The molecule has 2 N–H and O–H groups in total. The van der Waals surface area contributed by atoms with Crippen LogP contribution in [0.2, 0.25) is 0 Å². The Labute approximate surface area is 202 Å². The number of fused-ring (bicyclic) bond motifs is 1. The first kappa shape index (κ1) is 25.8. The summed E-state index contributed by atoms with van der Waals surface area (Å²) in [5.41, 5.74) is 2.15. The lowest BCUT2D eigenvalue weighted by Crippen LogP contribution is -2.30. The van der Waals surface area contributed by atoms with E-state index in [0.29, 0.717) is 60.9 Å². The largest absolute Gasteiger partial charge is 0.416 e. The van der Waals surface area contributed by atoms with Crippen LogP contribution in [0.15, 0.2) is 24.3 Å². The number of ether oxygens (including phenoxy) is 1. The van der Waals surface area contributed by atoms with Gasteiger partial charge in [0.15, 0.2) is 0 Å². The van der Waals surface area contributed by atoms with E-state index in [4.69, 9.17) is 9.72 Å². The quantitative estimate of drug-likeness (QED) is 0.494. The summed E-state index contributed by atoms with van der Waals surface area (Å²) >= 11 is 0. The Morgan fingerprint density at radius 1 is 1.20 bits per heavy atom. The standard InChI is InChI=1S/C27H31F4NO3/c1-14(2)24-23(25(34)17-6-5-16(11-18(17)28)27(29,30)31)21(15-7-9-35-10-8-15)22-19(32-24)12-26(3,4)13-20(22)33/h5-7,11,14,20,25,33-34H,8-10,12-13H2,1-4H3/t20?,25-/m0/s1. The maximum absolute atomic E-state index is 15.0. The number of rotatable bonds is 4. The highest BCUT2D eigenvalue weighted by Crippen LogP contribution is 2.48. The number of alkyl halides is 3. The van der Waals surface area contributed by atoms with Crippen molar-refractivity contribution >= 4 is 5.57 Å². The fraction of sp³-hybridized carbons (Fsp3) is 0.519. The van der Waals surface area contributed by atoms with Gasteiger partial charge in [0, 0.05) is 28.1 Å². The van der Waals surface area contributed by atoms with Crippen molar-refractivity contribution in [3.8, 4) is 0 Å². The van der Waals surface area contributed by atoms with Gasteiger partial charge in [-0.25, -0.2) is 4.39 Å². The number of halogens is 4. The fourth-order valence-corrected chi connectivity index (χ4v) is 5.23. The molecule has 0 bridgehead atoms. The van der Waals surface area contributed by atoms with Gasteiger partial charge in [-0.15, -0.1) is 0 Å². The van der Waals surface area contributed by atoms with Crippen molar-refractivity contribution in [2.75, 3.05) is 13.2 Å². The molecule has 8 heteroatoms. The minimum Gasteiger partial charge on any atom is -0.388 e. The molecule has 2 aliphatic rings. The number of nitrogens with zero attached hydrogens (tertiary/aromatic N) is 1. The second-order valence-corrected chi connectivity index (χ2v) is 10.6. The molecule has 2 aromatic rings. The molecule has 1 aromatic carbocycles. The van der Waals surface area contributed by atoms with Crippen LogP contribution in [0.25, 0.3) is 5.57 Å². The Hall–Kier alpha value is -2.29. The Kier molecular flexibility index (Phi) is 6.85. The zero-order valence-electron chi connectivity index (χ0n) is 20.3. The average Bonchev–Trinajstić information content (AvgIpc) is 2.76. The normalized spacial score (nSPS) is 21.0. The van der Waals surface area contributed by atoms with Crippen molar-refractivity contribution in [1.29, 1.82) is 0 Å². The lowest BCUT2D eigenvalue weighted by molar-refractivity contribution is -0.137. The first-order chi connectivity index (χ1) is 16.3. The molecule has 1 aromatic heterocycles. The molecule has 4 nitrogen and oxygen atoms in total. The molecule has 1 aliphatic carbocycles. The van der Waals surface area contributed by atoms with Crippen molar-refractivity contribution < 1.29 is 32.5 Å². The molecule has 2 heterocycles. The third-order valence-corrected chi connectivity index (χ3v) is 6.83. The van der Waals surface area contributed by atoms with Crippen LogP contribution in [0.3, 0.4) is 0 Å². The summed E-state index contributed by atoms with van der Waals surface area (Å²) in [6.07, 6.45) is -3.58. The number of hydrogen-bond acceptors (Lipinski definition) is 4. The highest BCUT2D eigenvalue weighted by atomic mass is 19.4. The van der Waals surface area contributed by atoms with Gasteiger partial charge in [0.05, 0.1) is 24.9 Å². The Balaban J connectivity index is 1.99. The summed E-state index contributed by atoms with van der Waals surface area (Å²) in [6.45, 7) is 8.73. The molecule has 0 spiro atoms. The number of benzene rings is 1. The van der Waals surface area contributed by atoms with E-state index in [1.165, 1.54) is 0 Å². The van der Waals surface area contributed by atoms with Crippen molar-refractivity contribution in [2.45, 2.75) is 71.3 Å². The molecule has 190 valence electrons. The second kappa shape index (κ2) is 9.30. The molecule has 2 atom stereocenters. The Morgan fingerprint density at radius 3 is 2.49 bits per heavy atom. The average molecular weight is 494 g/mol. The second-order valence-electron chi connectivity index (χ2n) is 10.6. The van der Waals surface area contributed by atoms with E-state index in [2.05, 4.69) is 13.8 Å². The summed E-state index contributed by atoms with van der Waals surface area (Å²) in [7, 11) is 0. The summed E-state index contributed by atoms with van der Waals surface area (Å²) in [5, 5.41) is 22.7. The number of aromatic nitrogens is 1. The zero-order chi connectivity index (χ0) is 25.7. The number of aliphatic hydroxyl groups excluding tert-OH is 2. The molecular formula is C27H31F4NO3. The predicted octanol–water partition coefficient (Wildman–Crippen LogP) is 6.25. The van der Waals surface area contributed by atoms with Gasteiger partial charge in [0.2, 0.25) is 0 Å². The lowest BCUT2D eigenvalue weighted by Gasteiger charge is -2.38. The van der Waals surface area contributed by atoms with Crippen molar-refractivity contribution in [2.24, 2.45) is 5.41 Å². The van der Waals surface area contributed by atoms with Crippen LogP contribution >= 0.6 is 0 Å². The third-order valence-electron chi connectivity index (χ3n) is 6.83. The van der Waals surface area contributed by atoms with Gasteiger partial charge in [-0.1, -0.05) is 39.8 Å². The highest BCUT2D eigenvalue weighted by molar-refractivity contribution is 5.75. The topological polar surface area (TPSA) is 62.6 Å². The minimum atomic E-state index is -4.70. The summed E-state index contributed by atoms with van der Waals surface area (Å²) in [6, 6.07) is 2.16. The van der Waals surface area contributed by atoms with Gasteiger partial charge in [0.1, 0.15) is 11.9 Å². The molecular weight excluding hydrogens is 462 g/mol. The van der Waals surface area contributed by atoms with E-state index in [0.717, 1.165) is 23.4 Å². The summed E-state index contributed by atoms with van der Waals surface area (Å²) in [4.78, 5) is 4.87. The van der Waals surface area contributed by atoms with Crippen LogP contribution in [0, 0.1) is 11.2 Å². The van der Waals surface area contributed by atoms with E-state index < -0.39 is 29.8 Å². The Bertz CT molecular complexity index is 1150. The van der Waals surface area contributed by atoms with Gasteiger partial charge in [0.25, 0.3) is 0 Å². The zero-order valence-corrected chi connectivity index (χ0v) is 20.3. The third kappa shape index (κ3) is 5.01. The highest BCUT2D eigenvalue weighted by Gasteiger charge is 2.39. The maximum Gasteiger partial charge on any atom is 0.416 e. The minimum absolute atomic E-state index is 0.163. The predicted molar refractivity (Wildman–Crippen MR) is 124 cm³/mol. The number of hydrogen-bond donors (Lipinski definition) is 2. The molecule has 0 saturated carbocycles. The molecule has 0 fully saturated rings. The van der Waals surface area contributed by atoms with E-state index in [1.54, 1.807) is 0 Å². The summed E-state index contributed by atoms with van der Waals surface area (Å²) in [5.74, 6) is -1.31. The maximum atomic E-state index is 15.0. The Morgan fingerprint density at radius 2 is 1.91 bits per heavy atom. The van der Waals surface area contributed by atoms with Crippen molar-refractivity contribution in [3.05, 3.63) is 69.3 Å². The monoisotopic (exact) mass is 493 g/mol. The van der Waals surface area contributed by atoms with Crippen molar-refractivity contribution in [3.63, 3.8) is 0 Å². The molecule has 1 unspecified atom stereocenters. The molecule has 0 radical (unpaired) electrons. The van der Waals surface area contributed by atoms with Gasteiger partial charge < -0.3 is 14.9 Å². The van der Waals surface area contributed by atoms with Gasteiger partial charge in [-0.2, -0.15) is 13.2 Å². The molecule has 4 rings (SSSR count). The van der Waals surface area contributed by atoms with E-state index in [-0.39, 0.29) is 16.9 Å². The van der Waals surface area contributed by atoms with E-state index >= 15 is 0 Å². The van der Waals surface area contributed by atoms with Crippen LogP contribution in [-0.4, -0.2) is 28.4 Å². The first-order valence-corrected chi connectivity index (χ1v) is 11.9. The molecule has 0 saturated heterocycles. The van der Waals surface area contributed by atoms with Crippen LogP contribution in [-0.2, 0) is 17.3 Å². The molecule has 35 heavy (non-hydrogen) atoms.